The van der Waals surface area contributed by atoms with Crippen LogP contribution in [0, 0.1) is 23.2 Å². The monoisotopic (exact) mass is 346 g/mol. The smallest absolute Gasteiger partial charge is 0.409 e. The number of carbonyl (C=O) groups is 1. The first kappa shape index (κ1) is 15.9. The van der Waals surface area contributed by atoms with Crippen LogP contribution in [-0.2, 0) is 4.74 Å². The third kappa shape index (κ3) is 2.47. The molecule has 1 spiro atoms. The number of hydrogen-bond acceptors (Lipinski definition) is 5. The fraction of sp³-hybridized carbons (Fsp3) is 0.895. The predicted octanol–water partition coefficient (Wildman–Crippen LogP) is 1.87. The van der Waals surface area contributed by atoms with Gasteiger partial charge >= 0.3 is 6.09 Å². The SMILES string of the molecule is CCOC(=O)N1CCC2(CC(N3C[C@@H]4C(C5CC=NN5C)[C@@H]4C3)C2)C1. The average molecular weight is 346 g/mol. The van der Waals surface area contributed by atoms with E-state index in [1.54, 1.807) is 0 Å². The summed E-state index contributed by atoms with van der Waals surface area (Å²) in [4.78, 5) is 16.6. The molecule has 2 saturated carbocycles. The highest BCUT2D eigenvalue weighted by atomic mass is 16.6. The van der Waals surface area contributed by atoms with Crippen molar-refractivity contribution in [2.75, 3.05) is 39.8 Å². The Balaban J connectivity index is 1.10. The third-order valence-electron chi connectivity index (χ3n) is 7.64. The number of piperidine rings is 1. The zero-order valence-corrected chi connectivity index (χ0v) is 15.4. The van der Waals surface area contributed by atoms with Gasteiger partial charge in [0.2, 0.25) is 0 Å². The number of fused-ring (bicyclic) bond motifs is 1. The maximum absolute atomic E-state index is 11.9. The second-order valence-corrected chi connectivity index (χ2v) is 8.97. The minimum absolute atomic E-state index is 0.115. The molecule has 25 heavy (non-hydrogen) atoms. The summed E-state index contributed by atoms with van der Waals surface area (Å²) in [5.74, 6) is 2.69. The lowest BCUT2D eigenvalue weighted by Gasteiger charge is -2.49. The van der Waals surface area contributed by atoms with Crippen LogP contribution in [0.25, 0.3) is 0 Å². The van der Waals surface area contributed by atoms with Gasteiger partial charge in [-0.15, -0.1) is 0 Å². The molecule has 0 aromatic carbocycles. The van der Waals surface area contributed by atoms with E-state index in [1.165, 1.54) is 25.9 Å². The Morgan fingerprint density at radius 2 is 2.08 bits per heavy atom. The lowest BCUT2D eigenvalue weighted by atomic mass is 9.64. The van der Waals surface area contributed by atoms with E-state index in [0.29, 0.717) is 18.1 Å². The molecule has 1 amide bonds. The number of amides is 1. The lowest BCUT2D eigenvalue weighted by molar-refractivity contribution is 0.00850. The molecule has 5 rings (SSSR count). The molecule has 0 aromatic rings. The van der Waals surface area contributed by atoms with Gasteiger partial charge in [-0.25, -0.2) is 4.79 Å². The standard InChI is InChI=1S/C19H30N4O2/c1-3-25-18(24)22-7-5-19(12-22)8-13(9-19)23-10-14-15(11-23)17(14)16-4-6-20-21(16)2/h6,13-17H,3-5,7-12H2,1-2H3/t13?,14-,15+,16?,17?,19?. The first-order chi connectivity index (χ1) is 12.1. The zero-order chi connectivity index (χ0) is 17.2. The summed E-state index contributed by atoms with van der Waals surface area (Å²) >= 11 is 0. The molecular weight excluding hydrogens is 316 g/mol. The van der Waals surface area contributed by atoms with Gasteiger partial charge in [-0.3, -0.25) is 9.91 Å². The van der Waals surface area contributed by atoms with E-state index in [1.807, 2.05) is 11.8 Å². The molecule has 138 valence electrons. The van der Waals surface area contributed by atoms with Gasteiger partial charge in [0.1, 0.15) is 0 Å². The van der Waals surface area contributed by atoms with Crippen molar-refractivity contribution in [1.82, 2.24) is 14.8 Å². The summed E-state index contributed by atoms with van der Waals surface area (Å²) in [6, 6.07) is 1.42. The molecule has 0 bridgehead atoms. The predicted molar refractivity (Wildman–Crippen MR) is 95.4 cm³/mol. The Morgan fingerprint density at radius 1 is 1.32 bits per heavy atom. The molecule has 2 unspecified atom stereocenters. The van der Waals surface area contributed by atoms with Crippen molar-refractivity contribution in [2.24, 2.45) is 28.3 Å². The molecule has 6 nitrogen and oxygen atoms in total. The maximum atomic E-state index is 11.9. The summed E-state index contributed by atoms with van der Waals surface area (Å²) in [7, 11) is 2.13. The van der Waals surface area contributed by atoms with Gasteiger partial charge in [0.05, 0.1) is 12.6 Å². The van der Waals surface area contributed by atoms with Crippen LogP contribution >= 0.6 is 0 Å². The van der Waals surface area contributed by atoms with Gasteiger partial charge in [0.15, 0.2) is 0 Å². The molecule has 2 aliphatic carbocycles. The average Bonchev–Trinajstić information content (AvgIpc) is 3.03. The maximum Gasteiger partial charge on any atom is 0.409 e. The molecular formula is C19H30N4O2. The molecule has 4 atom stereocenters. The van der Waals surface area contributed by atoms with Gasteiger partial charge in [-0.05, 0) is 49.4 Å². The summed E-state index contributed by atoms with van der Waals surface area (Å²) < 4.78 is 5.17. The first-order valence-corrected chi connectivity index (χ1v) is 10.0. The van der Waals surface area contributed by atoms with Crippen molar-refractivity contribution in [3.05, 3.63) is 0 Å². The van der Waals surface area contributed by atoms with Crippen LogP contribution < -0.4 is 0 Å². The minimum atomic E-state index is -0.115. The van der Waals surface area contributed by atoms with Gasteiger partial charge < -0.3 is 9.64 Å². The second-order valence-electron chi connectivity index (χ2n) is 8.97. The van der Waals surface area contributed by atoms with E-state index in [9.17, 15) is 4.79 Å². The molecule has 5 aliphatic rings. The Bertz CT molecular complexity index is 576. The largest absolute Gasteiger partial charge is 0.450 e. The van der Waals surface area contributed by atoms with Gasteiger partial charge in [-0.2, -0.15) is 5.10 Å². The van der Waals surface area contributed by atoms with Crippen LogP contribution in [-0.4, -0.2) is 79.0 Å². The lowest BCUT2D eigenvalue weighted by Crippen LogP contribution is -2.52. The third-order valence-corrected chi connectivity index (χ3v) is 7.64. The highest BCUT2D eigenvalue weighted by Crippen LogP contribution is 2.59. The second kappa shape index (κ2) is 5.60. The van der Waals surface area contributed by atoms with Crippen molar-refractivity contribution in [3.63, 3.8) is 0 Å². The van der Waals surface area contributed by atoms with E-state index in [2.05, 4.69) is 28.3 Å². The number of hydrazone groups is 1. The van der Waals surface area contributed by atoms with Crippen molar-refractivity contribution in [1.29, 1.82) is 0 Å². The van der Waals surface area contributed by atoms with Crippen molar-refractivity contribution in [3.8, 4) is 0 Å². The number of ether oxygens (including phenoxy) is 1. The molecule has 6 heteroatoms. The molecule has 0 radical (unpaired) electrons. The molecule has 3 heterocycles. The van der Waals surface area contributed by atoms with Crippen LogP contribution in [0.5, 0.6) is 0 Å². The minimum Gasteiger partial charge on any atom is -0.450 e. The van der Waals surface area contributed by atoms with Gasteiger partial charge in [-0.1, -0.05) is 0 Å². The number of rotatable bonds is 3. The van der Waals surface area contributed by atoms with Crippen LogP contribution in [0.4, 0.5) is 4.79 Å². The Morgan fingerprint density at radius 3 is 2.72 bits per heavy atom. The first-order valence-electron chi connectivity index (χ1n) is 10.0. The molecule has 3 aliphatic heterocycles. The number of carbonyl (C=O) groups excluding carboxylic acids is 1. The Hall–Kier alpha value is -1.30. The van der Waals surface area contributed by atoms with E-state index >= 15 is 0 Å². The summed E-state index contributed by atoms with van der Waals surface area (Å²) in [6.45, 7) is 6.74. The highest BCUT2D eigenvalue weighted by molar-refractivity contribution is 5.68. The van der Waals surface area contributed by atoms with E-state index in [4.69, 9.17) is 4.74 Å². The van der Waals surface area contributed by atoms with Crippen LogP contribution in [0.2, 0.25) is 0 Å². The Labute approximate surface area is 150 Å². The van der Waals surface area contributed by atoms with E-state index in [-0.39, 0.29) is 6.09 Å². The van der Waals surface area contributed by atoms with Crippen LogP contribution in [0.1, 0.15) is 32.6 Å². The number of hydrogen-bond donors (Lipinski definition) is 0. The van der Waals surface area contributed by atoms with Crippen LogP contribution in [0.15, 0.2) is 5.10 Å². The molecule has 0 N–H and O–H groups in total. The van der Waals surface area contributed by atoms with Crippen molar-refractivity contribution >= 4 is 12.3 Å². The van der Waals surface area contributed by atoms with Gasteiger partial charge in [0, 0.05) is 51.9 Å². The fourth-order valence-electron chi connectivity index (χ4n) is 6.24. The summed E-state index contributed by atoms with van der Waals surface area (Å²) in [5, 5.41) is 6.61. The fourth-order valence-corrected chi connectivity index (χ4v) is 6.24. The number of nitrogens with zero attached hydrogens (tertiary/aromatic N) is 4. The zero-order valence-electron chi connectivity index (χ0n) is 15.4. The summed E-state index contributed by atoms with van der Waals surface area (Å²) in [6.07, 6.45) is 6.83. The topological polar surface area (TPSA) is 48.4 Å². The molecule has 2 saturated heterocycles. The van der Waals surface area contributed by atoms with Crippen molar-refractivity contribution < 1.29 is 9.53 Å². The molecule has 0 aromatic heterocycles. The summed E-state index contributed by atoms with van der Waals surface area (Å²) in [5.41, 5.74) is 0.392. The van der Waals surface area contributed by atoms with Gasteiger partial charge in [0.25, 0.3) is 0 Å². The number of likely N-dealkylation sites (tertiary alicyclic amines) is 2. The molecule has 4 fully saturated rings. The quantitative estimate of drug-likeness (QED) is 0.783. The van der Waals surface area contributed by atoms with Crippen LogP contribution in [0.3, 0.4) is 0 Å². The van der Waals surface area contributed by atoms with Crippen molar-refractivity contribution in [2.45, 2.75) is 44.7 Å². The normalized spacial score (nSPS) is 45.1. The Kier molecular flexibility index (Phi) is 3.56. The van der Waals surface area contributed by atoms with E-state index in [0.717, 1.165) is 49.7 Å². The van der Waals surface area contributed by atoms with E-state index < -0.39 is 0 Å². The highest BCUT2D eigenvalue weighted by Gasteiger charge is 2.62.